The number of anilines is 1. The Morgan fingerprint density at radius 1 is 1.17 bits per heavy atom. The SMILES string of the molecule is CCC(NC(=O)CCCN(c1cccc(OC)c1)S(C)(=O)=O)c1ccccc1C. The highest BCUT2D eigenvalue weighted by molar-refractivity contribution is 7.92. The summed E-state index contributed by atoms with van der Waals surface area (Å²) in [6.45, 7) is 4.29. The number of sulfonamides is 1. The smallest absolute Gasteiger partial charge is 0.232 e. The first-order valence-electron chi connectivity index (χ1n) is 9.73. The van der Waals surface area contributed by atoms with E-state index in [9.17, 15) is 13.2 Å². The van der Waals surface area contributed by atoms with Gasteiger partial charge in [-0.1, -0.05) is 37.3 Å². The van der Waals surface area contributed by atoms with E-state index in [0.717, 1.165) is 23.8 Å². The summed E-state index contributed by atoms with van der Waals surface area (Å²) < 4.78 is 31.0. The molecule has 1 N–H and O–H groups in total. The lowest BCUT2D eigenvalue weighted by atomic mass is 9.99. The minimum absolute atomic E-state index is 0.0481. The fraction of sp³-hybridized carbons (Fsp3) is 0.409. The van der Waals surface area contributed by atoms with Crippen LogP contribution in [0.15, 0.2) is 48.5 Å². The zero-order valence-corrected chi connectivity index (χ0v) is 18.3. The average Bonchev–Trinajstić information content (AvgIpc) is 2.69. The summed E-state index contributed by atoms with van der Waals surface area (Å²) in [5.74, 6) is 0.497. The van der Waals surface area contributed by atoms with Gasteiger partial charge in [-0.25, -0.2) is 8.42 Å². The highest BCUT2D eigenvalue weighted by atomic mass is 32.2. The maximum Gasteiger partial charge on any atom is 0.232 e. The fourth-order valence-electron chi connectivity index (χ4n) is 3.28. The maximum atomic E-state index is 12.5. The van der Waals surface area contributed by atoms with Crippen LogP contribution in [0.2, 0.25) is 0 Å². The first-order valence-corrected chi connectivity index (χ1v) is 11.6. The number of hydrogen-bond donors (Lipinski definition) is 1. The molecule has 0 bridgehead atoms. The molecule has 0 aliphatic heterocycles. The molecule has 0 saturated heterocycles. The van der Waals surface area contributed by atoms with Crippen LogP contribution in [0.5, 0.6) is 5.75 Å². The molecule has 2 rings (SSSR count). The summed E-state index contributed by atoms with van der Waals surface area (Å²) >= 11 is 0. The van der Waals surface area contributed by atoms with Crippen LogP contribution in [0.4, 0.5) is 5.69 Å². The van der Waals surface area contributed by atoms with Crippen molar-refractivity contribution in [2.75, 3.05) is 24.2 Å². The predicted octanol–water partition coefficient (Wildman–Crippen LogP) is 3.82. The Kier molecular flexibility index (Phi) is 8.08. The van der Waals surface area contributed by atoms with Gasteiger partial charge in [-0.2, -0.15) is 0 Å². The Bertz CT molecular complexity index is 928. The van der Waals surface area contributed by atoms with Crippen LogP contribution < -0.4 is 14.4 Å². The normalized spacial score (nSPS) is 12.3. The number of carbonyl (C=O) groups is 1. The van der Waals surface area contributed by atoms with Crippen LogP contribution in [0.25, 0.3) is 0 Å². The van der Waals surface area contributed by atoms with Crippen LogP contribution >= 0.6 is 0 Å². The van der Waals surface area contributed by atoms with Gasteiger partial charge in [0.2, 0.25) is 15.9 Å². The number of amides is 1. The molecule has 0 aliphatic rings. The van der Waals surface area contributed by atoms with Gasteiger partial charge in [-0.3, -0.25) is 9.10 Å². The minimum atomic E-state index is -3.47. The van der Waals surface area contributed by atoms with Crippen molar-refractivity contribution in [2.24, 2.45) is 0 Å². The Balaban J connectivity index is 2.00. The second kappa shape index (κ2) is 10.3. The van der Waals surface area contributed by atoms with E-state index in [2.05, 4.69) is 5.32 Å². The Hall–Kier alpha value is -2.54. The number of carbonyl (C=O) groups excluding carboxylic acids is 1. The van der Waals surface area contributed by atoms with E-state index in [1.165, 1.54) is 11.4 Å². The molecule has 0 aromatic heterocycles. The third-order valence-corrected chi connectivity index (χ3v) is 6.01. The lowest BCUT2D eigenvalue weighted by Crippen LogP contribution is -2.33. The van der Waals surface area contributed by atoms with Gasteiger partial charge in [0.1, 0.15) is 5.75 Å². The van der Waals surface area contributed by atoms with Crippen LogP contribution in [0.3, 0.4) is 0 Å². The molecule has 0 fully saturated rings. The first-order chi connectivity index (χ1) is 13.8. The zero-order valence-electron chi connectivity index (χ0n) is 17.5. The molecular weight excluding hydrogens is 388 g/mol. The number of nitrogens with zero attached hydrogens (tertiary/aromatic N) is 1. The van der Waals surface area contributed by atoms with Gasteiger partial charge < -0.3 is 10.1 Å². The third-order valence-electron chi connectivity index (χ3n) is 4.81. The van der Waals surface area contributed by atoms with E-state index in [4.69, 9.17) is 4.74 Å². The van der Waals surface area contributed by atoms with E-state index < -0.39 is 10.0 Å². The van der Waals surface area contributed by atoms with Gasteiger partial charge >= 0.3 is 0 Å². The van der Waals surface area contributed by atoms with Crippen molar-refractivity contribution in [1.82, 2.24) is 5.32 Å². The molecule has 0 radical (unpaired) electrons. The Morgan fingerprint density at radius 2 is 1.90 bits per heavy atom. The second-order valence-corrected chi connectivity index (χ2v) is 8.93. The van der Waals surface area contributed by atoms with Crippen molar-refractivity contribution in [3.8, 4) is 5.75 Å². The molecule has 1 amide bonds. The van der Waals surface area contributed by atoms with Crippen molar-refractivity contribution in [3.63, 3.8) is 0 Å². The number of hydrogen-bond acceptors (Lipinski definition) is 4. The highest BCUT2D eigenvalue weighted by Crippen LogP contribution is 2.24. The largest absolute Gasteiger partial charge is 0.497 e. The molecule has 2 aromatic rings. The third kappa shape index (κ3) is 6.49. The number of nitrogens with one attached hydrogen (secondary N) is 1. The van der Waals surface area contributed by atoms with E-state index in [1.807, 2.05) is 38.1 Å². The Labute approximate surface area is 173 Å². The molecule has 2 aromatic carbocycles. The molecule has 1 unspecified atom stereocenters. The van der Waals surface area contributed by atoms with Crippen molar-refractivity contribution in [1.29, 1.82) is 0 Å². The monoisotopic (exact) mass is 418 g/mol. The van der Waals surface area contributed by atoms with Gasteiger partial charge in [0, 0.05) is 19.0 Å². The summed E-state index contributed by atoms with van der Waals surface area (Å²) in [7, 11) is -1.94. The average molecular weight is 419 g/mol. The van der Waals surface area contributed by atoms with E-state index in [1.54, 1.807) is 24.3 Å². The van der Waals surface area contributed by atoms with Gasteiger partial charge in [-0.05, 0) is 43.0 Å². The van der Waals surface area contributed by atoms with E-state index in [-0.39, 0.29) is 24.9 Å². The highest BCUT2D eigenvalue weighted by Gasteiger charge is 2.19. The second-order valence-electron chi connectivity index (χ2n) is 7.03. The summed E-state index contributed by atoms with van der Waals surface area (Å²) in [6.07, 6.45) is 2.62. The number of benzene rings is 2. The molecule has 0 spiro atoms. The molecule has 6 nitrogen and oxygen atoms in total. The van der Waals surface area contributed by atoms with Crippen molar-refractivity contribution >= 4 is 21.6 Å². The standard InChI is InChI=1S/C22H30N2O4S/c1-5-21(20-13-7-6-10-17(20)2)23-22(25)14-9-15-24(29(4,26)27)18-11-8-12-19(16-18)28-3/h6-8,10-13,16,21H,5,9,14-15H2,1-4H3,(H,23,25). The molecule has 0 aliphatic carbocycles. The first kappa shape index (κ1) is 22.7. The fourth-order valence-corrected chi connectivity index (χ4v) is 4.24. The molecule has 158 valence electrons. The number of rotatable bonds is 10. The number of aryl methyl sites for hydroxylation is 1. The molecular formula is C22H30N2O4S. The number of ether oxygens (including phenoxy) is 1. The number of methoxy groups -OCH3 is 1. The quantitative estimate of drug-likeness (QED) is 0.636. The van der Waals surface area contributed by atoms with Gasteiger partial charge in [0.15, 0.2) is 0 Å². The van der Waals surface area contributed by atoms with Crippen LogP contribution in [-0.2, 0) is 14.8 Å². The summed E-state index contributed by atoms with van der Waals surface area (Å²) in [6, 6.07) is 14.8. The van der Waals surface area contributed by atoms with E-state index in [0.29, 0.717) is 17.9 Å². The molecule has 0 heterocycles. The lowest BCUT2D eigenvalue weighted by molar-refractivity contribution is -0.121. The van der Waals surface area contributed by atoms with Gasteiger partial charge in [-0.15, -0.1) is 0 Å². The van der Waals surface area contributed by atoms with E-state index >= 15 is 0 Å². The van der Waals surface area contributed by atoms with Crippen molar-refractivity contribution in [2.45, 2.75) is 39.2 Å². The van der Waals surface area contributed by atoms with Crippen molar-refractivity contribution in [3.05, 3.63) is 59.7 Å². The lowest BCUT2D eigenvalue weighted by Gasteiger charge is -2.23. The van der Waals surface area contributed by atoms with Crippen LogP contribution in [-0.4, -0.2) is 34.2 Å². The minimum Gasteiger partial charge on any atom is -0.497 e. The summed E-state index contributed by atoms with van der Waals surface area (Å²) in [5.41, 5.74) is 2.78. The predicted molar refractivity (Wildman–Crippen MR) is 117 cm³/mol. The van der Waals surface area contributed by atoms with Crippen molar-refractivity contribution < 1.29 is 17.9 Å². The van der Waals surface area contributed by atoms with Crippen LogP contribution in [0, 0.1) is 6.92 Å². The molecule has 0 saturated carbocycles. The summed E-state index contributed by atoms with van der Waals surface area (Å²) in [5, 5.41) is 3.07. The molecule has 29 heavy (non-hydrogen) atoms. The van der Waals surface area contributed by atoms with Crippen LogP contribution in [0.1, 0.15) is 43.4 Å². The van der Waals surface area contributed by atoms with Gasteiger partial charge in [0.25, 0.3) is 0 Å². The molecule has 1 atom stereocenters. The maximum absolute atomic E-state index is 12.5. The molecule has 7 heteroatoms. The topological polar surface area (TPSA) is 75.7 Å². The van der Waals surface area contributed by atoms with Gasteiger partial charge in [0.05, 0.1) is 25.1 Å². The zero-order chi connectivity index (χ0) is 21.4. The summed E-state index contributed by atoms with van der Waals surface area (Å²) in [4.78, 5) is 12.5. The Morgan fingerprint density at radius 3 is 2.52 bits per heavy atom.